The average molecular weight is 401 g/mol. The third-order valence-corrected chi connectivity index (χ3v) is 5.12. The average Bonchev–Trinajstić information content (AvgIpc) is 3.05. The highest BCUT2D eigenvalue weighted by Gasteiger charge is 2.15. The van der Waals surface area contributed by atoms with Crippen LogP contribution in [0, 0.1) is 11.3 Å². The molecule has 1 aromatic heterocycles. The summed E-state index contributed by atoms with van der Waals surface area (Å²) >= 11 is 6.20. The second kappa shape index (κ2) is 8.91. The van der Waals surface area contributed by atoms with Gasteiger partial charge in [-0.3, -0.25) is 4.90 Å². The lowest BCUT2D eigenvalue weighted by Crippen LogP contribution is -2.25. The summed E-state index contributed by atoms with van der Waals surface area (Å²) in [7, 11) is 0. The molecule has 4 nitrogen and oxygen atoms in total. The molecule has 0 bridgehead atoms. The summed E-state index contributed by atoms with van der Waals surface area (Å²) in [4.78, 5) is 6.97. The fourth-order valence-corrected chi connectivity index (χ4v) is 3.69. The molecule has 1 heterocycles. The van der Waals surface area contributed by atoms with Crippen LogP contribution in [0.2, 0.25) is 5.02 Å². The minimum absolute atomic E-state index is 0.337. The Bertz CT molecular complexity index is 1130. The van der Waals surface area contributed by atoms with E-state index < -0.39 is 0 Å². The molecule has 3 aromatic carbocycles. The molecule has 4 aromatic rings. The van der Waals surface area contributed by atoms with Crippen molar-refractivity contribution in [1.82, 2.24) is 14.5 Å². The van der Waals surface area contributed by atoms with Crippen LogP contribution in [-0.4, -0.2) is 21.0 Å². The first-order valence-electron chi connectivity index (χ1n) is 9.55. The van der Waals surface area contributed by atoms with Crippen LogP contribution in [0.15, 0.2) is 78.9 Å². The summed E-state index contributed by atoms with van der Waals surface area (Å²) in [5.74, 6) is 0.928. The van der Waals surface area contributed by atoms with Crippen molar-refractivity contribution in [2.24, 2.45) is 0 Å². The zero-order valence-electron chi connectivity index (χ0n) is 16.0. The van der Waals surface area contributed by atoms with Gasteiger partial charge in [0, 0.05) is 18.1 Å². The van der Waals surface area contributed by atoms with Crippen LogP contribution in [-0.2, 0) is 19.6 Å². The maximum absolute atomic E-state index is 9.34. The zero-order chi connectivity index (χ0) is 20.1. The maximum Gasteiger partial charge on any atom is 0.124 e. The maximum atomic E-state index is 9.34. The Kier molecular flexibility index (Phi) is 5.90. The summed E-state index contributed by atoms with van der Waals surface area (Å²) in [5.41, 5.74) is 4.30. The molecule has 0 aliphatic heterocycles. The second-order valence-corrected chi connectivity index (χ2v) is 7.46. The van der Waals surface area contributed by atoms with E-state index >= 15 is 0 Å². The molecule has 0 aliphatic rings. The molecular formula is C24H21ClN4. The van der Waals surface area contributed by atoms with Gasteiger partial charge in [-0.25, -0.2) is 4.98 Å². The molecule has 5 heteroatoms. The first kappa shape index (κ1) is 19.2. The lowest BCUT2D eigenvalue weighted by Gasteiger charge is -2.20. The molecule has 0 aliphatic carbocycles. The molecule has 0 fully saturated rings. The van der Waals surface area contributed by atoms with E-state index in [-0.39, 0.29) is 0 Å². The van der Waals surface area contributed by atoms with Crippen LogP contribution in [0.4, 0.5) is 0 Å². The molecule has 0 spiro atoms. The van der Waals surface area contributed by atoms with Gasteiger partial charge in [0.2, 0.25) is 0 Å². The van der Waals surface area contributed by atoms with E-state index in [0.717, 1.165) is 23.4 Å². The van der Waals surface area contributed by atoms with E-state index in [1.165, 1.54) is 11.1 Å². The Morgan fingerprint density at radius 1 is 0.897 bits per heavy atom. The normalized spacial score (nSPS) is 11.1. The Hall–Kier alpha value is -3.13. The van der Waals surface area contributed by atoms with Gasteiger partial charge in [0.25, 0.3) is 0 Å². The highest BCUT2D eigenvalue weighted by molar-refractivity contribution is 6.31. The number of rotatable bonds is 7. The molecule has 0 saturated carbocycles. The van der Waals surface area contributed by atoms with Gasteiger partial charge in [-0.15, -0.1) is 0 Å². The van der Waals surface area contributed by atoms with Crippen LogP contribution in [0.25, 0.3) is 11.0 Å². The summed E-state index contributed by atoms with van der Waals surface area (Å²) in [6.45, 7) is 2.34. The lowest BCUT2D eigenvalue weighted by atomic mass is 10.2. The summed E-state index contributed by atoms with van der Waals surface area (Å²) in [6.07, 6.45) is 0. The van der Waals surface area contributed by atoms with Gasteiger partial charge in [0.05, 0.1) is 30.2 Å². The van der Waals surface area contributed by atoms with Gasteiger partial charge in [-0.05, 0) is 29.3 Å². The minimum Gasteiger partial charge on any atom is -0.322 e. The number of aromatic nitrogens is 2. The minimum atomic E-state index is 0.337. The summed E-state index contributed by atoms with van der Waals surface area (Å²) < 4.78 is 2.22. The van der Waals surface area contributed by atoms with Crippen LogP contribution in [0.5, 0.6) is 0 Å². The van der Waals surface area contributed by atoms with E-state index in [9.17, 15) is 5.26 Å². The van der Waals surface area contributed by atoms with Crippen LogP contribution in [0.1, 0.15) is 17.0 Å². The standard InChI is InChI=1S/C24H21ClN4/c25-21-11-12-23-22(15-21)27-24(29(23)17-20-9-5-2-6-10-20)18-28(14-13-26)16-19-7-3-1-4-8-19/h1-12,15H,14,16-18H2. The van der Waals surface area contributed by atoms with Gasteiger partial charge >= 0.3 is 0 Å². The van der Waals surface area contributed by atoms with E-state index in [0.29, 0.717) is 24.7 Å². The summed E-state index contributed by atoms with van der Waals surface area (Å²) in [5, 5.41) is 10.0. The fraction of sp³-hybridized carbons (Fsp3) is 0.167. The summed E-state index contributed by atoms with van der Waals surface area (Å²) in [6, 6.07) is 28.6. The number of hydrogen-bond acceptors (Lipinski definition) is 3. The molecular weight excluding hydrogens is 380 g/mol. The highest BCUT2D eigenvalue weighted by Crippen LogP contribution is 2.23. The molecule has 0 N–H and O–H groups in total. The second-order valence-electron chi connectivity index (χ2n) is 7.02. The van der Waals surface area contributed by atoms with E-state index in [4.69, 9.17) is 16.6 Å². The third-order valence-electron chi connectivity index (χ3n) is 4.88. The van der Waals surface area contributed by atoms with Gasteiger partial charge < -0.3 is 4.57 Å². The Labute approximate surface area is 175 Å². The number of imidazole rings is 1. The van der Waals surface area contributed by atoms with Crippen molar-refractivity contribution < 1.29 is 0 Å². The number of benzene rings is 3. The van der Waals surface area contributed by atoms with Crippen molar-refractivity contribution in [3.8, 4) is 6.07 Å². The van der Waals surface area contributed by atoms with Crippen LogP contribution >= 0.6 is 11.6 Å². The molecule has 29 heavy (non-hydrogen) atoms. The number of halogens is 1. The molecule has 144 valence electrons. The van der Waals surface area contributed by atoms with Crippen LogP contribution < -0.4 is 0 Å². The van der Waals surface area contributed by atoms with E-state index in [2.05, 4.69) is 39.8 Å². The number of fused-ring (bicyclic) bond motifs is 1. The predicted molar refractivity (Wildman–Crippen MR) is 116 cm³/mol. The van der Waals surface area contributed by atoms with Gasteiger partial charge in [-0.2, -0.15) is 5.26 Å². The predicted octanol–water partition coefficient (Wildman–Crippen LogP) is 5.26. The molecule has 0 unspecified atom stereocenters. The van der Waals surface area contributed by atoms with Crippen molar-refractivity contribution in [3.05, 3.63) is 101 Å². The quantitative estimate of drug-likeness (QED) is 0.397. The zero-order valence-corrected chi connectivity index (χ0v) is 16.8. The molecule has 0 atom stereocenters. The Morgan fingerprint density at radius 3 is 2.28 bits per heavy atom. The monoisotopic (exact) mass is 400 g/mol. The lowest BCUT2D eigenvalue weighted by molar-refractivity contribution is 0.278. The molecule has 0 saturated heterocycles. The van der Waals surface area contributed by atoms with E-state index in [1.807, 2.05) is 54.6 Å². The van der Waals surface area contributed by atoms with Crippen molar-refractivity contribution in [1.29, 1.82) is 5.26 Å². The number of hydrogen-bond donors (Lipinski definition) is 0. The molecule has 4 rings (SSSR count). The topological polar surface area (TPSA) is 44.9 Å². The Morgan fingerprint density at radius 2 is 1.59 bits per heavy atom. The smallest absolute Gasteiger partial charge is 0.124 e. The van der Waals surface area contributed by atoms with Gasteiger partial charge in [0.15, 0.2) is 0 Å². The Balaban J connectivity index is 1.69. The number of nitrogens with zero attached hydrogens (tertiary/aromatic N) is 4. The molecule has 0 radical (unpaired) electrons. The highest BCUT2D eigenvalue weighted by atomic mass is 35.5. The fourth-order valence-electron chi connectivity index (χ4n) is 3.53. The van der Waals surface area contributed by atoms with Crippen molar-refractivity contribution in [2.75, 3.05) is 6.54 Å². The van der Waals surface area contributed by atoms with Crippen molar-refractivity contribution in [2.45, 2.75) is 19.6 Å². The van der Waals surface area contributed by atoms with E-state index in [1.54, 1.807) is 0 Å². The third kappa shape index (κ3) is 4.65. The first-order chi connectivity index (χ1) is 14.2. The molecule has 0 amide bonds. The van der Waals surface area contributed by atoms with Gasteiger partial charge in [-0.1, -0.05) is 72.3 Å². The largest absolute Gasteiger partial charge is 0.322 e. The SMILES string of the molecule is N#CCN(Cc1ccccc1)Cc1nc2cc(Cl)ccc2n1Cc1ccccc1. The van der Waals surface area contributed by atoms with Crippen molar-refractivity contribution in [3.63, 3.8) is 0 Å². The van der Waals surface area contributed by atoms with Crippen molar-refractivity contribution >= 4 is 22.6 Å². The first-order valence-corrected chi connectivity index (χ1v) is 9.92. The van der Waals surface area contributed by atoms with Gasteiger partial charge in [0.1, 0.15) is 5.82 Å². The number of nitriles is 1. The van der Waals surface area contributed by atoms with Crippen LogP contribution in [0.3, 0.4) is 0 Å².